The first-order valence-electron chi connectivity index (χ1n) is 4.08. The summed E-state index contributed by atoms with van der Waals surface area (Å²) in [5.41, 5.74) is 5.09. The van der Waals surface area contributed by atoms with Gasteiger partial charge in [0.15, 0.2) is 0 Å². The van der Waals surface area contributed by atoms with Crippen LogP contribution in [-0.2, 0) is 6.42 Å². The number of hydrogen-bond acceptors (Lipinski definition) is 4. The number of nitrogen functional groups attached to an aromatic ring is 1. The standard InChI is InChI=1S/C9H9F2N3O/c1-15-9-7(13)6(8(10)11)4-5(14-9)2-3-12/h4,8H,2,13H2,1H3. The van der Waals surface area contributed by atoms with Gasteiger partial charge >= 0.3 is 0 Å². The van der Waals surface area contributed by atoms with Crippen LogP contribution < -0.4 is 10.5 Å². The Balaban J connectivity index is 3.26. The van der Waals surface area contributed by atoms with Crippen molar-refractivity contribution in [3.8, 4) is 11.9 Å². The molecule has 1 rings (SSSR count). The Morgan fingerprint density at radius 2 is 2.33 bits per heavy atom. The molecule has 0 radical (unpaired) electrons. The first-order chi connectivity index (χ1) is 7.10. The number of aromatic nitrogens is 1. The summed E-state index contributed by atoms with van der Waals surface area (Å²) in [6.45, 7) is 0. The Labute approximate surface area is 85.3 Å². The van der Waals surface area contributed by atoms with Crippen molar-refractivity contribution in [2.24, 2.45) is 0 Å². The van der Waals surface area contributed by atoms with E-state index in [9.17, 15) is 8.78 Å². The molecular weight excluding hydrogens is 204 g/mol. The summed E-state index contributed by atoms with van der Waals surface area (Å²) in [5.74, 6) is -0.0713. The largest absolute Gasteiger partial charge is 0.480 e. The molecule has 0 atom stereocenters. The smallest absolute Gasteiger partial charge is 0.266 e. The average Bonchev–Trinajstić information content (AvgIpc) is 2.20. The fraction of sp³-hybridized carbons (Fsp3) is 0.333. The summed E-state index contributed by atoms with van der Waals surface area (Å²) in [6.07, 6.45) is -2.77. The fourth-order valence-corrected chi connectivity index (χ4v) is 1.11. The second-order valence-electron chi connectivity index (χ2n) is 2.76. The van der Waals surface area contributed by atoms with E-state index in [0.29, 0.717) is 0 Å². The molecule has 0 bridgehead atoms. The molecule has 4 nitrogen and oxygen atoms in total. The number of nitriles is 1. The Kier molecular flexibility index (Phi) is 3.39. The van der Waals surface area contributed by atoms with Crippen LogP contribution in [0.5, 0.6) is 5.88 Å². The van der Waals surface area contributed by atoms with Gasteiger partial charge in [-0.25, -0.2) is 13.8 Å². The Morgan fingerprint density at radius 1 is 1.67 bits per heavy atom. The van der Waals surface area contributed by atoms with Gasteiger partial charge in [0.05, 0.1) is 25.3 Å². The van der Waals surface area contributed by atoms with E-state index in [-0.39, 0.29) is 29.2 Å². The number of nitrogens with two attached hydrogens (primary N) is 1. The molecule has 0 fully saturated rings. The van der Waals surface area contributed by atoms with Crippen molar-refractivity contribution in [2.45, 2.75) is 12.8 Å². The molecule has 0 saturated carbocycles. The number of anilines is 1. The number of nitrogens with zero attached hydrogens (tertiary/aromatic N) is 2. The van der Waals surface area contributed by atoms with Gasteiger partial charge in [0, 0.05) is 5.56 Å². The van der Waals surface area contributed by atoms with Gasteiger partial charge in [-0.05, 0) is 6.07 Å². The summed E-state index contributed by atoms with van der Waals surface area (Å²) in [6, 6.07) is 2.93. The van der Waals surface area contributed by atoms with Crippen molar-refractivity contribution in [3.05, 3.63) is 17.3 Å². The van der Waals surface area contributed by atoms with E-state index >= 15 is 0 Å². The maximum atomic E-state index is 12.5. The Bertz CT molecular complexity index is 401. The molecule has 1 heterocycles. The molecule has 6 heteroatoms. The van der Waals surface area contributed by atoms with E-state index in [0.717, 1.165) is 6.07 Å². The van der Waals surface area contributed by atoms with Gasteiger partial charge in [-0.2, -0.15) is 5.26 Å². The van der Waals surface area contributed by atoms with Gasteiger partial charge in [0.25, 0.3) is 6.43 Å². The topological polar surface area (TPSA) is 71.9 Å². The number of hydrogen-bond donors (Lipinski definition) is 1. The Hall–Kier alpha value is -1.90. The minimum Gasteiger partial charge on any atom is -0.480 e. The normalized spacial score (nSPS) is 10.1. The molecule has 0 saturated heterocycles. The molecule has 0 aromatic carbocycles. The summed E-state index contributed by atoms with van der Waals surface area (Å²) in [7, 11) is 1.28. The van der Waals surface area contributed by atoms with Crippen molar-refractivity contribution in [1.29, 1.82) is 5.26 Å². The maximum Gasteiger partial charge on any atom is 0.266 e. The highest BCUT2D eigenvalue weighted by Gasteiger charge is 2.17. The molecule has 1 aromatic heterocycles. The van der Waals surface area contributed by atoms with E-state index in [4.69, 9.17) is 15.7 Å². The van der Waals surface area contributed by atoms with E-state index in [1.807, 2.05) is 6.07 Å². The first-order valence-corrected chi connectivity index (χ1v) is 4.08. The molecule has 80 valence electrons. The van der Waals surface area contributed by atoms with Crippen LogP contribution in [0.2, 0.25) is 0 Å². The number of pyridine rings is 1. The fourth-order valence-electron chi connectivity index (χ4n) is 1.11. The highest BCUT2D eigenvalue weighted by molar-refractivity contribution is 5.56. The second-order valence-corrected chi connectivity index (χ2v) is 2.76. The zero-order chi connectivity index (χ0) is 11.4. The predicted molar refractivity (Wildman–Crippen MR) is 49.5 cm³/mol. The number of halogens is 2. The molecule has 0 amide bonds. The molecule has 15 heavy (non-hydrogen) atoms. The summed E-state index contributed by atoms with van der Waals surface area (Å²) < 4.78 is 29.8. The number of rotatable bonds is 3. The minimum absolute atomic E-state index is 0.0592. The van der Waals surface area contributed by atoms with Gasteiger partial charge in [0.2, 0.25) is 5.88 Å². The first kappa shape index (κ1) is 11.2. The van der Waals surface area contributed by atoms with Crippen molar-refractivity contribution in [2.75, 3.05) is 12.8 Å². The molecule has 0 unspecified atom stereocenters. The van der Waals surface area contributed by atoms with Crippen molar-refractivity contribution in [3.63, 3.8) is 0 Å². The zero-order valence-corrected chi connectivity index (χ0v) is 8.00. The molecule has 1 aromatic rings. The van der Waals surface area contributed by atoms with Crippen molar-refractivity contribution >= 4 is 5.69 Å². The minimum atomic E-state index is -2.71. The lowest BCUT2D eigenvalue weighted by Gasteiger charge is -2.10. The van der Waals surface area contributed by atoms with Crippen LogP contribution >= 0.6 is 0 Å². The van der Waals surface area contributed by atoms with E-state index in [1.165, 1.54) is 7.11 Å². The monoisotopic (exact) mass is 213 g/mol. The lowest BCUT2D eigenvalue weighted by Crippen LogP contribution is -2.03. The third kappa shape index (κ3) is 2.31. The highest BCUT2D eigenvalue weighted by atomic mass is 19.3. The summed E-state index contributed by atoms with van der Waals surface area (Å²) >= 11 is 0. The molecule has 0 spiro atoms. The molecule has 0 aliphatic rings. The molecular formula is C9H9F2N3O. The van der Waals surface area contributed by atoms with Crippen LogP contribution in [0.15, 0.2) is 6.07 Å². The van der Waals surface area contributed by atoms with Gasteiger partial charge < -0.3 is 10.5 Å². The van der Waals surface area contributed by atoms with E-state index < -0.39 is 6.43 Å². The zero-order valence-electron chi connectivity index (χ0n) is 8.00. The van der Waals surface area contributed by atoms with Gasteiger partial charge in [-0.15, -0.1) is 0 Å². The van der Waals surface area contributed by atoms with E-state index in [2.05, 4.69) is 4.98 Å². The molecule has 2 N–H and O–H groups in total. The maximum absolute atomic E-state index is 12.5. The van der Waals surface area contributed by atoms with Crippen LogP contribution in [0.1, 0.15) is 17.7 Å². The van der Waals surface area contributed by atoms with Crippen LogP contribution in [0, 0.1) is 11.3 Å². The number of ether oxygens (including phenoxy) is 1. The van der Waals surface area contributed by atoms with E-state index in [1.54, 1.807) is 0 Å². The average molecular weight is 213 g/mol. The summed E-state index contributed by atoms with van der Waals surface area (Å²) in [4.78, 5) is 3.82. The quantitative estimate of drug-likeness (QED) is 0.828. The van der Waals surface area contributed by atoms with Gasteiger partial charge in [-0.3, -0.25) is 0 Å². The lowest BCUT2D eigenvalue weighted by atomic mass is 10.1. The third-order valence-electron chi connectivity index (χ3n) is 1.80. The predicted octanol–water partition coefficient (Wildman–Crippen LogP) is 1.68. The van der Waals surface area contributed by atoms with Gasteiger partial charge in [0.1, 0.15) is 5.69 Å². The van der Waals surface area contributed by atoms with Crippen LogP contribution in [-0.4, -0.2) is 12.1 Å². The van der Waals surface area contributed by atoms with Crippen molar-refractivity contribution in [1.82, 2.24) is 4.98 Å². The molecule has 0 aliphatic heterocycles. The van der Waals surface area contributed by atoms with Crippen LogP contribution in [0.3, 0.4) is 0 Å². The van der Waals surface area contributed by atoms with Gasteiger partial charge in [-0.1, -0.05) is 0 Å². The number of alkyl halides is 2. The highest BCUT2D eigenvalue weighted by Crippen LogP contribution is 2.31. The van der Waals surface area contributed by atoms with Crippen molar-refractivity contribution < 1.29 is 13.5 Å². The SMILES string of the molecule is COc1nc(CC#N)cc(C(F)F)c1N. The third-order valence-corrected chi connectivity index (χ3v) is 1.80. The van der Waals surface area contributed by atoms with Crippen LogP contribution in [0.25, 0.3) is 0 Å². The number of methoxy groups -OCH3 is 1. The van der Waals surface area contributed by atoms with Crippen LogP contribution in [0.4, 0.5) is 14.5 Å². The second kappa shape index (κ2) is 4.55. The summed E-state index contributed by atoms with van der Waals surface area (Å²) in [5, 5.41) is 8.43. The lowest BCUT2D eigenvalue weighted by molar-refractivity contribution is 0.151. The Morgan fingerprint density at radius 3 is 2.80 bits per heavy atom. The molecule has 0 aliphatic carbocycles.